The molecule has 33 heavy (non-hydrogen) atoms. The molecule has 0 amide bonds. The Morgan fingerprint density at radius 3 is 1.64 bits per heavy atom. The molecule has 0 N–H and O–H groups in total. The van der Waals surface area contributed by atoms with E-state index in [4.69, 9.17) is 9.47 Å². The van der Waals surface area contributed by atoms with Crippen LogP contribution in [0.25, 0.3) is 33.4 Å². The van der Waals surface area contributed by atoms with Crippen LogP contribution in [-0.2, 0) is 22.7 Å². The maximum atomic E-state index is 5.83. The number of methoxy groups -OCH3 is 2. The molecule has 1 heterocycles. The minimum Gasteiger partial charge on any atom is -0.380 e. The fourth-order valence-corrected chi connectivity index (χ4v) is 9.05. The zero-order valence-electron chi connectivity index (χ0n) is 19.8. The standard InChI is InChI=1S/C30H30O2Si/c1-31-19-24-25(20-32-2)28(22-15-9-6-10-16-22)30-29(27(24)21-13-7-5-8-14-21)23-17-11-12-18-26(23)33(30,3)4/h5-18H,19-20H2,1-4H3. The molecule has 0 fully saturated rings. The fourth-order valence-electron chi connectivity index (χ4n) is 5.58. The van der Waals surface area contributed by atoms with Gasteiger partial charge in [-0.2, -0.15) is 0 Å². The van der Waals surface area contributed by atoms with Gasteiger partial charge in [0.15, 0.2) is 0 Å². The minimum absolute atomic E-state index is 0.542. The Bertz CT molecular complexity index is 1290. The quantitative estimate of drug-likeness (QED) is 0.330. The van der Waals surface area contributed by atoms with Crippen molar-refractivity contribution in [3.8, 4) is 33.4 Å². The molecule has 0 aromatic heterocycles. The van der Waals surface area contributed by atoms with Crippen LogP contribution in [0.15, 0.2) is 84.9 Å². The van der Waals surface area contributed by atoms with E-state index in [1.165, 1.54) is 54.9 Å². The highest BCUT2D eigenvalue weighted by Gasteiger charge is 2.43. The van der Waals surface area contributed by atoms with E-state index in [1.807, 2.05) is 0 Å². The number of hydrogen-bond donors (Lipinski definition) is 0. The Hall–Kier alpha value is -2.98. The van der Waals surface area contributed by atoms with E-state index in [0.717, 1.165) is 0 Å². The zero-order chi connectivity index (χ0) is 23.0. The average molecular weight is 451 g/mol. The van der Waals surface area contributed by atoms with Crippen molar-refractivity contribution in [1.29, 1.82) is 0 Å². The van der Waals surface area contributed by atoms with Crippen molar-refractivity contribution in [2.45, 2.75) is 26.3 Å². The summed E-state index contributed by atoms with van der Waals surface area (Å²) in [5, 5.41) is 3.02. The van der Waals surface area contributed by atoms with Gasteiger partial charge in [-0.15, -0.1) is 0 Å². The van der Waals surface area contributed by atoms with E-state index < -0.39 is 8.07 Å². The summed E-state index contributed by atoms with van der Waals surface area (Å²) in [6, 6.07) is 30.6. The lowest BCUT2D eigenvalue weighted by Crippen LogP contribution is -2.50. The third-order valence-electron chi connectivity index (χ3n) is 6.91. The highest BCUT2D eigenvalue weighted by Crippen LogP contribution is 2.45. The molecule has 1 aliphatic heterocycles. The molecule has 4 aromatic rings. The number of ether oxygens (including phenoxy) is 2. The smallest absolute Gasteiger partial charge is 0.114 e. The number of fused-ring (bicyclic) bond motifs is 3. The van der Waals surface area contributed by atoms with E-state index in [2.05, 4.69) is 98.0 Å². The van der Waals surface area contributed by atoms with Gasteiger partial charge in [-0.05, 0) is 54.9 Å². The first kappa shape index (κ1) is 21.8. The summed E-state index contributed by atoms with van der Waals surface area (Å²) >= 11 is 0. The van der Waals surface area contributed by atoms with Crippen molar-refractivity contribution >= 4 is 18.4 Å². The number of benzene rings is 4. The first-order chi connectivity index (χ1) is 16.1. The molecule has 0 saturated carbocycles. The van der Waals surface area contributed by atoms with Gasteiger partial charge in [0.25, 0.3) is 0 Å². The van der Waals surface area contributed by atoms with Gasteiger partial charge in [0.05, 0.1) is 13.2 Å². The highest BCUT2D eigenvalue weighted by molar-refractivity contribution is 7.04. The number of rotatable bonds is 6. The average Bonchev–Trinajstić information content (AvgIpc) is 3.08. The first-order valence-electron chi connectivity index (χ1n) is 11.5. The second-order valence-electron chi connectivity index (χ2n) is 9.23. The molecule has 1 aliphatic rings. The summed E-state index contributed by atoms with van der Waals surface area (Å²) in [4.78, 5) is 0. The van der Waals surface area contributed by atoms with Crippen LogP contribution in [0, 0.1) is 0 Å². The van der Waals surface area contributed by atoms with Crippen molar-refractivity contribution in [3.63, 3.8) is 0 Å². The topological polar surface area (TPSA) is 18.5 Å². The lowest BCUT2D eigenvalue weighted by Gasteiger charge is -2.28. The minimum atomic E-state index is -1.98. The van der Waals surface area contributed by atoms with Crippen molar-refractivity contribution in [2.24, 2.45) is 0 Å². The van der Waals surface area contributed by atoms with Crippen LogP contribution in [0.5, 0.6) is 0 Å². The van der Waals surface area contributed by atoms with E-state index in [-0.39, 0.29) is 0 Å². The molecule has 0 unspecified atom stereocenters. The van der Waals surface area contributed by atoms with Gasteiger partial charge in [0, 0.05) is 14.2 Å². The molecule has 4 aromatic carbocycles. The number of hydrogen-bond acceptors (Lipinski definition) is 2. The van der Waals surface area contributed by atoms with Crippen LogP contribution in [0.1, 0.15) is 11.1 Å². The van der Waals surface area contributed by atoms with Gasteiger partial charge >= 0.3 is 0 Å². The SMILES string of the molecule is COCc1c(COC)c(-c2ccccc2)c2c(c1-c1ccccc1)-c1ccccc1[Si]2(C)C. The maximum Gasteiger partial charge on any atom is 0.114 e. The van der Waals surface area contributed by atoms with Crippen LogP contribution >= 0.6 is 0 Å². The molecule has 5 rings (SSSR count). The second kappa shape index (κ2) is 8.75. The molecule has 0 bridgehead atoms. The predicted octanol–water partition coefficient (Wildman–Crippen LogP) is 6.12. The third-order valence-corrected chi connectivity index (χ3v) is 10.4. The van der Waals surface area contributed by atoms with Crippen molar-refractivity contribution < 1.29 is 9.47 Å². The summed E-state index contributed by atoms with van der Waals surface area (Å²) in [7, 11) is 1.60. The van der Waals surface area contributed by atoms with Crippen molar-refractivity contribution in [2.75, 3.05) is 14.2 Å². The van der Waals surface area contributed by atoms with Crippen LogP contribution < -0.4 is 10.4 Å². The van der Waals surface area contributed by atoms with Gasteiger partial charge in [0.1, 0.15) is 8.07 Å². The predicted molar refractivity (Wildman–Crippen MR) is 141 cm³/mol. The van der Waals surface area contributed by atoms with Crippen LogP contribution in [-0.4, -0.2) is 22.3 Å². The molecular weight excluding hydrogens is 420 g/mol. The summed E-state index contributed by atoms with van der Waals surface area (Å²) < 4.78 is 11.7. The molecule has 0 atom stereocenters. The normalized spacial score (nSPS) is 13.6. The summed E-state index contributed by atoms with van der Waals surface area (Å²) in [6.07, 6.45) is 0. The Balaban J connectivity index is 2.02. The van der Waals surface area contributed by atoms with Crippen LogP contribution in [0.3, 0.4) is 0 Å². The van der Waals surface area contributed by atoms with Gasteiger partial charge in [-0.25, -0.2) is 0 Å². The summed E-state index contributed by atoms with van der Waals surface area (Å²) in [6.45, 7) is 6.08. The third kappa shape index (κ3) is 3.48. The highest BCUT2D eigenvalue weighted by atomic mass is 28.3. The van der Waals surface area contributed by atoms with Gasteiger partial charge < -0.3 is 9.47 Å². The molecule has 0 radical (unpaired) electrons. The zero-order valence-corrected chi connectivity index (χ0v) is 20.8. The van der Waals surface area contributed by atoms with Crippen molar-refractivity contribution in [1.82, 2.24) is 0 Å². The van der Waals surface area contributed by atoms with E-state index >= 15 is 0 Å². The Labute approximate surface area is 197 Å². The van der Waals surface area contributed by atoms with Crippen LogP contribution in [0.4, 0.5) is 0 Å². The van der Waals surface area contributed by atoms with E-state index in [0.29, 0.717) is 13.2 Å². The van der Waals surface area contributed by atoms with Gasteiger partial charge in [-0.1, -0.05) is 98.0 Å². The lowest BCUT2D eigenvalue weighted by molar-refractivity contribution is 0.169. The first-order valence-corrected chi connectivity index (χ1v) is 14.5. The Kier molecular flexibility index (Phi) is 5.79. The Morgan fingerprint density at radius 1 is 0.576 bits per heavy atom. The molecule has 0 spiro atoms. The summed E-state index contributed by atoms with van der Waals surface area (Å²) in [5.74, 6) is 0. The molecule has 166 valence electrons. The van der Waals surface area contributed by atoms with Gasteiger partial charge in [-0.3, -0.25) is 0 Å². The Morgan fingerprint density at radius 2 is 1.06 bits per heavy atom. The van der Waals surface area contributed by atoms with Crippen LogP contribution in [0.2, 0.25) is 13.1 Å². The monoisotopic (exact) mass is 450 g/mol. The molecule has 0 saturated heterocycles. The lowest BCUT2D eigenvalue weighted by atomic mass is 9.83. The van der Waals surface area contributed by atoms with E-state index in [9.17, 15) is 0 Å². The molecule has 2 nitrogen and oxygen atoms in total. The fraction of sp³-hybridized carbons (Fsp3) is 0.200. The molecule has 3 heteroatoms. The second-order valence-corrected chi connectivity index (χ2v) is 13.5. The summed E-state index contributed by atoms with van der Waals surface area (Å²) in [5.41, 5.74) is 10.4. The maximum absolute atomic E-state index is 5.83. The van der Waals surface area contributed by atoms with Gasteiger partial charge in [0.2, 0.25) is 0 Å². The largest absolute Gasteiger partial charge is 0.380 e. The van der Waals surface area contributed by atoms with E-state index in [1.54, 1.807) is 14.2 Å². The molecule has 0 aliphatic carbocycles. The van der Waals surface area contributed by atoms with Crippen molar-refractivity contribution in [3.05, 3.63) is 96.1 Å². The molecular formula is C30H30O2Si.